The fourth-order valence-electron chi connectivity index (χ4n) is 3.59. The maximum absolute atomic E-state index is 10.3. The Morgan fingerprint density at radius 3 is 2.11 bits per heavy atom. The zero-order valence-corrected chi connectivity index (χ0v) is 17.1. The first-order chi connectivity index (χ1) is 13.3. The summed E-state index contributed by atoms with van der Waals surface area (Å²) in [5, 5.41) is 11.3. The highest BCUT2D eigenvalue weighted by Gasteiger charge is 2.04. The van der Waals surface area contributed by atoms with Crippen molar-refractivity contribution in [2.75, 3.05) is 0 Å². The minimum absolute atomic E-state index is 0.291. The first-order valence-electron chi connectivity index (χ1n) is 11.1. The third kappa shape index (κ3) is 8.15. The number of hydrogen-bond donors (Lipinski definition) is 1. The van der Waals surface area contributed by atoms with Gasteiger partial charge in [-0.05, 0) is 18.9 Å². The van der Waals surface area contributed by atoms with Crippen molar-refractivity contribution in [1.29, 1.82) is 0 Å². The number of phenols is 1. The van der Waals surface area contributed by atoms with Gasteiger partial charge >= 0.3 is 0 Å². The largest absolute Gasteiger partial charge is 0.505 e. The number of benzene rings is 1. The molecule has 0 bridgehead atoms. The van der Waals surface area contributed by atoms with Crippen molar-refractivity contribution < 1.29 is 5.11 Å². The van der Waals surface area contributed by atoms with Crippen LogP contribution in [-0.2, 0) is 0 Å². The van der Waals surface area contributed by atoms with Crippen molar-refractivity contribution in [3.05, 3.63) is 42.1 Å². The molecule has 27 heavy (non-hydrogen) atoms. The lowest BCUT2D eigenvalue weighted by Gasteiger charge is -2.03. The van der Waals surface area contributed by atoms with E-state index < -0.39 is 0 Å². The van der Waals surface area contributed by atoms with Crippen molar-refractivity contribution in [3.63, 3.8) is 0 Å². The van der Waals surface area contributed by atoms with Crippen LogP contribution in [0.2, 0.25) is 0 Å². The van der Waals surface area contributed by atoms with Gasteiger partial charge in [-0.1, -0.05) is 108 Å². The van der Waals surface area contributed by atoms with Gasteiger partial charge in [0, 0.05) is 17.1 Å². The highest BCUT2D eigenvalue weighted by Crippen LogP contribution is 2.27. The smallest absolute Gasteiger partial charge is 0.148 e. The van der Waals surface area contributed by atoms with Gasteiger partial charge in [-0.3, -0.25) is 4.98 Å². The van der Waals surface area contributed by atoms with E-state index in [0.717, 1.165) is 17.4 Å². The Morgan fingerprint density at radius 1 is 0.815 bits per heavy atom. The van der Waals surface area contributed by atoms with E-state index in [1.165, 1.54) is 77.0 Å². The molecule has 2 aromatic rings. The molecule has 0 amide bonds. The molecule has 2 heteroatoms. The Labute approximate surface area is 165 Å². The third-order valence-corrected chi connectivity index (χ3v) is 5.30. The molecule has 1 N–H and O–H groups in total. The van der Waals surface area contributed by atoms with Crippen molar-refractivity contribution in [2.45, 2.75) is 90.4 Å². The van der Waals surface area contributed by atoms with E-state index >= 15 is 0 Å². The average Bonchev–Trinajstić information content (AvgIpc) is 2.70. The van der Waals surface area contributed by atoms with Crippen LogP contribution in [0.4, 0.5) is 0 Å². The summed E-state index contributed by atoms with van der Waals surface area (Å²) in [6.45, 7) is 2.28. The summed E-state index contributed by atoms with van der Waals surface area (Å²) in [4.78, 5) is 4.28. The maximum atomic E-state index is 10.3. The Kier molecular flexibility index (Phi) is 10.6. The number of fused-ring (bicyclic) bond motifs is 1. The van der Waals surface area contributed by atoms with Crippen molar-refractivity contribution in [1.82, 2.24) is 4.98 Å². The number of unbranched alkanes of at least 4 members (excludes halogenated alkanes) is 12. The SMILES string of the molecule is CCCCCCCCCCCCCC/C=C/c1ccc2cccnc2c1O. The fourth-order valence-corrected chi connectivity index (χ4v) is 3.59. The summed E-state index contributed by atoms with van der Waals surface area (Å²) in [5.41, 5.74) is 1.55. The number of phenolic OH excluding ortho intramolecular Hbond substituents is 1. The standard InChI is InChI=1S/C25H37NO/c1-2-3-4-5-6-7-8-9-10-11-12-13-14-15-17-23-20-19-22-18-16-21-26-24(22)25(23)27/h15-21,27H,2-14H2,1H3/b17-15+. The summed E-state index contributed by atoms with van der Waals surface area (Å²) >= 11 is 0. The molecule has 0 aliphatic carbocycles. The molecule has 0 saturated carbocycles. The average molecular weight is 368 g/mol. The summed E-state index contributed by atoms with van der Waals surface area (Å²) < 4.78 is 0. The van der Waals surface area contributed by atoms with E-state index in [0.29, 0.717) is 11.3 Å². The second-order valence-electron chi connectivity index (χ2n) is 7.66. The van der Waals surface area contributed by atoms with Gasteiger partial charge < -0.3 is 5.11 Å². The monoisotopic (exact) mass is 367 g/mol. The van der Waals surface area contributed by atoms with Crippen molar-refractivity contribution in [3.8, 4) is 5.75 Å². The van der Waals surface area contributed by atoms with Crippen LogP contribution in [0.25, 0.3) is 17.0 Å². The van der Waals surface area contributed by atoms with Gasteiger partial charge in [-0.2, -0.15) is 0 Å². The molecule has 2 nitrogen and oxygen atoms in total. The molecule has 0 radical (unpaired) electrons. The lowest BCUT2D eigenvalue weighted by atomic mass is 10.0. The molecule has 0 unspecified atom stereocenters. The summed E-state index contributed by atoms with van der Waals surface area (Å²) in [6.07, 6.45) is 23.6. The lowest BCUT2D eigenvalue weighted by molar-refractivity contribution is 0.479. The van der Waals surface area contributed by atoms with Crippen LogP contribution in [-0.4, -0.2) is 10.1 Å². The number of nitrogens with zero attached hydrogens (tertiary/aromatic N) is 1. The number of hydrogen-bond acceptors (Lipinski definition) is 2. The maximum Gasteiger partial charge on any atom is 0.148 e. The third-order valence-electron chi connectivity index (χ3n) is 5.30. The van der Waals surface area contributed by atoms with Gasteiger partial charge in [0.2, 0.25) is 0 Å². The minimum atomic E-state index is 0.291. The molecule has 148 valence electrons. The summed E-state index contributed by atoms with van der Waals surface area (Å²) in [5.74, 6) is 0.291. The molecular weight excluding hydrogens is 330 g/mol. The van der Waals surface area contributed by atoms with E-state index in [1.54, 1.807) is 6.20 Å². The highest BCUT2D eigenvalue weighted by atomic mass is 16.3. The highest BCUT2D eigenvalue weighted by molar-refractivity contribution is 5.87. The normalized spacial score (nSPS) is 11.6. The molecule has 0 aliphatic rings. The van der Waals surface area contributed by atoms with Crippen molar-refractivity contribution >= 4 is 17.0 Å². The van der Waals surface area contributed by atoms with Crippen LogP contribution in [0.3, 0.4) is 0 Å². The first kappa shape index (κ1) is 21.5. The Morgan fingerprint density at radius 2 is 1.44 bits per heavy atom. The van der Waals surface area contributed by atoms with Crippen LogP contribution in [0, 0.1) is 0 Å². The summed E-state index contributed by atoms with van der Waals surface area (Å²) in [6, 6.07) is 7.86. The number of aromatic hydroxyl groups is 1. The Balaban J connectivity index is 1.51. The van der Waals surface area contributed by atoms with Crippen LogP contribution < -0.4 is 0 Å². The van der Waals surface area contributed by atoms with Gasteiger partial charge in [0.1, 0.15) is 11.3 Å². The van der Waals surface area contributed by atoms with Gasteiger partial charge in [0.25, 0.3) is 0 Å². The Bertz CT molecular complexity index is 677. The minimum Gasteiger partial charge on any atom is -0.505 e. The quantitative estimate of drug-likeness (QED) is 0.343. The Hall–Kier alpha value is -1.83. The fraction of sp³-hybridized carbons (Fsp3) is 0.560. The zero-order valence-electron chi connectivity index (χ0n) is 17.1. The van der Waals surface area contributed by atoms with E-state index in [-0.39, 0.29) is 0 Å². The van der Waals surface area contributed by atoms with Gasteiger partial charge in [0.05, 0.1) is 0 Å². The van der Waals surface area contributed by atoms with E-state index in [1.807, 2.05) is 30.3 Å². The van der Waals surface area contributed by atoms with E-state index in [9.17, 15) is 5.11 Å². The molecular formula is C25H37NO. The second kappa shape index (κ2) is 13.4. The lowest BCUT2D eigenvalue weighted by Crippen LogP contribution is -1.83. The van der Waals surface area contributed by atoms with Crippen LogP contribution >= 0.6 is 0 Å². The first-order valence-corrected chi connectivity index (χ1v) is 11.1. The molecule has 0 saturated heterocycles. The van der Waals surface area contributed by atoms with Gasteiger partial charge in [-0.15, -0.1) is 0 Å². The predicted octanol–water partition coefficient (Wildman–Crippen LogP) is 8.04. The van der Waals surface area contributed by atoms with E-state index in [2.05, 4.69) is 18.0 Å². The molecule has 1 aromatic heterocycles. The van der Waals surface area contributed by atoms with Gasteiger partial charge in [-0.25, -0.2) is 0 Å². The molecule has 0 aliphatic heterocycles. The van der Waals surface area contributed by atoms with Gasteiger partial charge in [0.15, 0.2) is 0 Å². The van der Waals surface area contributed by atoms with Crippen LogP contribution in [0.15, 0.2) is 36.5 Å². The van der Waals surface area contributed by atoms with Crippen LogP contribution in [0.5, 0.6) is 5.75 Å². The zero-order chi connectivity index (χ0) is 19.2. The number of aromatic nitrogens is 1. The molecule has 1 heterocycles. The molecule has 0 spiro atoms. The topological polar surface area (TPSA) is 33.1 Å². The number of rotatable bonds is 14. The summed E-state index contributed by atoms with van der Waals surface area (Å²) in [7, 11) is 0. The second-order valence-corrected chi connectivity index (χ2v) is 7.66. The van der Waals surface area contributed by atoms with Crippen LogP contribution in [0.1, 0.15) is 96.0 Å². The van der Waals surface area contributed by atoms with E-state index in [4.69, 9.17) is 0 Å². The molecule has 2 rings (SSSR count). The number of allylic oxidation sites excluding steroid dienone is 1. The predicted molar refractivity (Wildman–Crippen MR) is 118 cm³/mol. The van der Waals surface area contributed by atoms with Crippen molar-refractivity contribution in [2.24, 2.45) is 0 Å². The number of pyridine rings is 1. The molecule has 0 atom stereocenters. The molecule has 0 fully saturated rings. The molecule has 1 aromatic carbocycles.